The van der Waals surface area contributed by atoms with Crippen molar-refractivity contribution in [2.45, 2.75) is 39.7 Å². The van der Waals surface area contributed by atoms with E-state index in [0.29, 0.717) is 32.4 Å². The highest BCUT2D eigenvalue weighted by Crippen LogP contribution is 2.23. The lowest BCUT2D eigenvalue weighted by Crippen LogP contribution is -2.51. The first-order valence-corrected chi connectivity index (χ1v) is 9.02. The second-order valence-corrected chi connectivity index (χ2v) is 7.40. The fraction of sp³-hybridized carbons (Fsp3) is 1.00. The molecule has 0 aromatic rings. The molecule has 5 nitrogen and oxygen atoms in total. The first-order valence-electron chi connectivity index (χ1n) is 7.08. The van der Waals surface area contributed by atoms with E-state index < -0.39 is 8.80 Å². The van der Waals surface area contributed by atoms with Crippen LogP contribution < -0.4 is 0 Å². The van der Waals surface area contributed by atoms with Gasteiger partial charge >= 0.3 is 8.80 Å². The number of quaternary nitrogens is 1. The largest absolute Gasteiger partial charge is 0.633 e. The maximum Gasteiger partial charge on any atom is 0.506 e. The molecule has 108 valence electrons. The van der Waals surface area contributed by atoms with E-state index in [2.05, 4.69) is 0 Å². The minimum atomic E-state index is -2.63. The van der Waals surface area contributed by atoms with Gasteiger partial charge in [0.05, 0.1) is 25.7 Å². The average Bonchev–Trinajstić information content (AvgIpc) is 2.76. The molecule has 18 heavy (non-hydrogen) atoms. The summed E-state index contributed by atoms with van der Waals surface area (Å²) in [5, 5.41) is 12.4. The Morgan fingerprint density at radius 2 is 1.39 bits per heavy atom. The second kappa shape index (κ2) is 7.57. The average molecular weight is 277 g/mol. The molecule has 0 bridgehead atoms. The number of hydrogen-bond acceptors (Lipinski definition) is 4. The SMILES string of the molecule is CCO[Si](CC[N+]1([O-])CCCC1)(OCC)OCC. The van der Waals surface area contributed by atoms with E-state index in [1.807, 2.05) is 20.8 Å². The molecule has 0 saturated carbocycles. The smallest absolute Gasteiger partial charge is 0.506 e. The van der Waals surface area contributed by atoms with Crippen molar-refractivity contribution in [2.24, 2.45) is 0 Å². The normalized spacial score (nSPS) is 19.3. The molecule has 0 aromatic heterocycles. The van der Waals surface area contributed by atoms with E-state index in [-0.39, 0.29) is 4.65 Å². The van der Waals surface area contributed by atoms with Crippen molar-refractivity contribution >= 4 is 8.80 Å². The van der Waals surface area contributed by atoms with E-state index in [1.54, 1.807) is 0 Å². The van der Waals surface area contributed by atoms with Gasteiger partial charge in [0.2, 0.25) is 0 Å². The monoisotopic (exact) mass is 277 g/mol. The van der Waals surface area contributed by atoms with Gasteiger partial charge in [0.15, 0.2) is 0 Å². The summed E-state index contributed by atoms with van der Waals surface area (Å²) in [4.78, 5) is 0. The Bertz CT molecular complexity index is 217. The fourth-order valence-electron chi connectivity index (χ4n) is 2.48. The molecular formula is C12H27NO4Si. The zero-order valence-electron chi connectivity index (χ0n) is 11.9. The van der Waals surface area contributed by atoms with Crippen molar-refractivity contribution in [3.05, 3.63) is 5.21 Å². The number of hydrogen-bond donors (Lipinski definition) is 0. The summed E-state index contributed by atoms with van der Waals surface area (Å²) in [5.74, 6) is 0. The van der Waals surface area contributed by atoms with Crippen molar-refractivity contribution < 1.29 is 17.9 Å². The van der Waals surface area contributed by atoms with E-state index in [1.165, 1.54) is 0 Å². The summed E-state index contributed by atoms with van der Waals surface area (Å²) in [6.07, 6.45) is 2.08. The van der Waals surface area contributed by atoms with Crippen LogP contribution in [-0.2, 0) is 13.3 Å². The Hall–Kier alpha value is 0.0169. The molecular weight excluding hydrogens is 250 g/mol. The maximum absolute atomic E-state index is 12.4. The van der Waals surface area contributed by atoms with Crippen LogP contribution in [0.2, 0.25) is 6.04 Å². The maximum atomic E-state index is 12.4. The van der Waals surface area contributed by atoms with Crippen LogP contribution in [0.5, 0.6) is 0 Å². The highest BCUT2D eigenvalue weighted by Gasteiger charge is 2.42. The number of likely N-dealkylation sites (tertiary alicyclic amines) is 1. The molecule has 0 aromatic carbocycles. The van der Waals surface area contributed by atoms with E-state index >= 15 is 0 Å². The third-order valence-corrected chi connectivity index (χ3v) is 6.32. The van der Waals surface area contributed by atoms with Crippen LogP contribution in [-0.4, -0.2) is 52.9 Å². The van der Waals surface area contributed by atoms with E-state index in [0.717, 1.165) is 25.9 Å². The van der Waals surface area contributed by atoms with E-state index in [9.17, 15) is 5.21 Å². The Kier molecular flexibility index (Phi) is 6.76. The summed E-state index contributed by atoms with van der Waals surface area (Å²) >= 11 is 0. The molecule has 1 rings (SSSR count). The highest BCUT2D eigenvalue weighted by atomic mass is 28.4. The lowest BCUT2D eigenvalue weighted by Gasteiger charge is -2.40. The van der Waals surface area contributed by atoms with Gasteiger partial charge in [-0.1, -0.05) is 0 Å². The molecule has 0 amide bonds. The number of rotatable bonds is 9. The summed E-state index contributed by atoms with van der Waals surface area (Å²) < 4.78 is 17.2. The molecule has 6 heteroatoms. The zero-order chi connectivity index (χ0) is 13.5. The molecule has 0 unspecified atom stereocenters. The predicted molar refractivity (Wildman–Crippen MR) is 72.9 cm³/mol. The van der Waals surface area contributed by atoms with Crippen molar-refractivity contribution in [1.29, 1.82) is 0 Å². The van der Waals surface area contributed by atoms with E-state index in [4.69, 9.17) is 13.3 Å². The van der Waals surface area contributed by atoms with Crippen LogP contribution in [0.25, 0.3) is 0 Å². The van der Waals surface area contributed by atoms with Gasteiger partial charge in [-0.3, -0.25) is 0 Å². The molecule has 0 aliphatic carbocycles. The first-order chi connectivity index (χ1) is 8.60. The first kappa shape index (κ1) is 16.1. The van der Waals surface area contributed by atoms with Crippen molar-refractivity contribution in [2.75, 3.05) is 39.5 Å². The Morgan fingerprint density at radius 1 is 0.944 bits per heavy atom. The molecule has 0 atom stereocenters. The predicted octanol–water partition coefficient (Wildman–Crippen LogP) is 2.14. The standard InChI is InChI=1S/C12H27NO4Si/c1-4-15-18(16-5-2,17-6-3)12-11-13(14)9-7-8-10-13/h4-12H2,1-3H3. The minimum Gasteiger partial charge on any atom is -0.633 e. The fourth-order valence-corrected chi connectivity index (χ4v) is 5.16. The van der Waals surface area contributed by atoms with Gasteiger partial charge in [0.25, 0.3) is 0 Å². The van der Waals surface area contributed by atoms with Gasteiger partial charge in [-0.15, -0.1) is 0 Å². The Balaban J connectivity index is 2.57. The van der Waals surface area contributed by atoms with Crippen LogP contribution in [0.3, 0.4) is 0 Å². The molecule has 1 fully saturated rings. The van der Waals surface area contributed by atoms with Crippen molar-refractivity contribution in [3.8, 4) is 0 Å². The molecule has 0 spiro atoms. The van der Waals surface area contributed by atoms with Crippen LogP contribution in [0.1, 0.15) is 33.6 Å². The van der Waals surface area contributed by atoms with Gasteiger partial charge in [-0.25, -0.2) is 0 Å². The summed E-state index contributed by atoms with van der Waals surface area (Å²) in [7, 11) is -2.63. The van der Waals surface area contributed by atoms with Crippen molar-refractivity contribution in [3.63, 3.8) is 0 Å². The van der Waals surface area contributed by atoms with Crippen LogP contribution in [0.4, 0.5) is 0 Å². The lowest BCUT2D eigenvalue weighted by molar-refractivity contribution is -0.866. The van der Waals surface area contributed by atoms with Crippen molar-refractivity contribution in [1.82, 2.24) is 0 Å². The molecule has 1 aliphatic heterocycles. The third-order valence-electron chi connectivity index (χ3n) is 3.30. The third kappa shape index (κ3) is 4.60. The Morgan fingerprint density at radius 3 is 1.78 bits per heavy atom. The van der Waals surface area contributed by atoms with Crippen LogP contribution in [0, 0.1) is 5.21 Å². The molecule has 1 saturated heterocycles. The minimum absolute atomic E-state index is 0.0953. The lowest BCUT2D eigenvalue weighted by atomic mass is 10.4. The highest BCUT2D eigenvalue weighted by molar-refractivity contribution is 6.60. The van der Waals surface area contributed by atoms with Gasteiger partial charge in [-0.05, 0) is 20.8 Å². The van der Waals surface area contributed by atoms with Crippen LogP contribution >= 0.6 is 0 Å². The summed E-state index contributed by atoms with van der Waals surface area (Å²) in [6, 6.07) is 0.631. The molecule has 0 N–H and O–H groups in total. The van der Waals surface area contributed by atoms with Gasteiger partial charge in [0, 0.05) is 32.7 Å². The topological polar surface area (TPSA) is 50.8 Å². The van der Waals surface area contributed by atoms with Crippen LogP contribution in [0.15, 0.2) is 0 Å². The molecule has 0 radical (unpaired) electrons. The quantitative estimate of drug-likeness (QED) is 0.368. The van der Waals surface area contributed by atoms with Gasteiger partial charge < -0.3 is 23.1 Å². The van der Waals surface area contributed by atoms with Gasteiger partial charge in [0.1, 0.15) is 0 Å². The zero-order valence-corrected chi connectivity index (χ0v) is 12.9. The second-order valence-electron chi connectivity index (χ2n) is 4.67. The molecule has 1 heterocycles. The Labute approximate surface area is 112 Å². The summed E-state index contributed by atoms with van der Waals surface area (Å²) in [5.41, 5.74) is 0. The van der Waals surface area contributed by atoms with Gasteiger partial charge in [-0.2, -0.15) is 0 Å². The molecule has 1 aliphatic rings. The number of hydroxylamine groups is 3. The number of nitrogens with zero attached hydrogens (tertiary/aromatic N) is 1. The summed E-state index contributed by atoms with van der Waals surface area (Å²) in [6.45, 7) is 9.57.